The van der Waals surface area contributed by atoms with E-state index in [1.807, 2.05) is 24.3 Å². The molecule has 7 nitrogen and oxygen atoms in total. The van der Waals surface area contributed by atoms with E-state index in [0.29, 0.717) is 29.1 Å². The lowest BCUT2D eigenvalue weighted by Crippen LogP contribution is -2.36. The summed E-state index contributed by atoms with van der Waals surface area (Å²) < 4.78 is 5.26. The van der Waals surface area contributed by atoms with Crippen LogP contribution < -0.4 is 20.4 Å². The molecule has 146 valence electrons. The topological polar surface area (TPSA) is 124 Å². The third-order valence-electron chi connectivity index (χ3n) is 5.27. The summed E-state index contributed by atoms with van der Waals surface area (Å²) in [4.78, 5) is 5.13. The summed E-state index contributed by atoms with van der Waals surface area (Å²) in [5.41, 5.74) is 7.92. The van der Waals surface area contributed by atoms with Crippen molar-refractivity contribution >= 4 is 11.6 Å². The van der Waals surface area contributed by atoms with Crippen molar-refractivity contribution in [2.24, 2.45) is 0 Å². The standard InChI is InChI=1S/C22H22N6O/c1-29-17-7-5-6-15(11-17)10-16(12-23)20-18(13-24)21(26)27-22(19(20)14-25)28-8-3-2-4-9-28/h5-7,11,16H,2-4,8-10H2,1H3,(H2,26,27)/p+1/t16-/m0/s1. The Hall–Kier alpha value is -3.76. The second-order valence-electron chi connectivity index (χ2n) is 7.06. The van der Waals surface area contributed by atoms with Crippen LogP contribution in [-0.2, 0) is 6.42 Å². The van der Waals surface area contributed by atoms with Gasteiger partial charge in [-0.2, -0.15) is 15.8 Å². The molecule has 1 atom stereocenters. The van der Waals surface area contributed by atoms with E-state index in [1.54, 1.807) is 7.11 Å². The fraction of sp³-hybridized carbons (Fsp3) is 0.364. The van der Waals surface area contributed by atoms with Crippen molar-refractivity contribution in [3.8, 4) is 24.0 Å². The smallest absolute Gasteiger partial charge is 0.240 e. The van der Waals surface area contributed by atoms with Crippen molar-refractivity contribution in [1.82, 2.24) is 0 Å². The summed E-state index contributed by atoms with van der Waals surface area (Å²) in [7, 11) is 1.58. The van der Waals surface area contributed by atoms with Gasteiger partial charge in [0.05, 0.1) is 32.2 Å². The number of pyridine rings is 1. The number of nitrogens with two attached hydrogens (primary N) is 1. The van der Waals surface area contributed by atoms with Crippen molar-refractivity contribution in [1.29, 1.82) is 15.8 Å². The summed E-state index contributed by atoms with van der Waals surface area (Å²) in [6.07, 6.45) is 3.55. The molecule has 0 spiro atoms. The number of piperidine rings is 1. The van der Waals surface area contributed by atoms with Crippen LogP contribution in [0.1, 0.15) is 47.4 Å². The number of hydrogen-bond donors (Lipinski definition) is 1. The van der Waals surface area contributed by atoms with E-state index in [9.17, 15) is 15.8 Å². The number of hydrogen-bond acceptors (Lipinski definition) is 6. The summed E-state index contributed by atoms with van der Waals surface area (Å²) in [5, 5.41) is 29.6. The molecular weight excluding hydrogens is 364 g/mol. The average Bonchev–Trinajstić information content (AvgIpc) is 2.77. The first-order valence-corrected chi connectivity index (χ1v) is 9.59. The Morgan fingerprint density at radius 1 is 1.14 bits per heavy atom. The maximum atomic E-state index is 9.96. The zero-order valence-electron chi connectivity index (χ0n) is 16.4. The summed E-state index contributed by atoms with van der Waals surface area (Å²) in [6.45, 7) is 1.62. The van der Waals surface area contributed by atoms with Crippen molar-refractivity contribution in [3.63, 3.8) is 0 Å². The van der Waals surface area contributed by atoms with E-state index in [0.717, 1.165) is 37.9 Å². The third-order valence-corrected chi connectivity index (χ3v) is 5.27. The molecule has 2 aromatic rings. The number of ether oxygens (including phenoxy) is 1. The van der Waals surface area contributed by atoms with Crippen LogP contribution >= 0.6 is 0 Å². The molecule has 1 aromatic heterocycles. The Morgan fingerprint density at radius 3 is 2.48 bits per heavy atom. The molecule has 3 N–H and O–H groups in total. The van der Waals surface area contributed by atoms with E-state index < -0.39 is 5.92 Å². The average molecular weight is 387 g/mol. The lowest BCUT2D eigenvalue weighted by molar-refractivity contribution is -0.347. The van der Waals surface area contributed by atoms with Crippen molar-refractivity contribution in [2.75, 3.05) is 30.8 Å². The molecule has 1 fully saturated rings. The van der Waals surface area contributed by atoms with Crippen LogP contribution in [0.5, 0.6) is 5.75 Å². The van der Waals surface area contributed by atoms with Gasteiger partial charge in [-0.25, -0.2) is 4.98 Å². The third kappa shape index (κ3) is 4.08. The predicted octanol–water partition coefficient (Wildman–Crippen LogP) is 2.68. The van der Waals surface area contributed by atoms with Crippen LogP contribution in [0.2, 0.25) is 0 Å². The zero-order valence-corrected chi connectivity index (χ0v) is 16.4. The SMILES string of the molecule is COc1cccc(C[C@@H](C#N)c2c(C#N)c(N)[nH+]c(N3CCCCC3)c2C#N)c1. The molecule has 1 aliphatic rings. The Labute approximate surface area is 170 Å². The van der Waals surface area contributed by atoms with Gasteiger partial charge in [-0.1, -0.05) is 12.1 Å². The Balaban J connectivity index is 2.12. The van der Waals surface area contributed by atoms with E-state index in [-0.39, 0.29) is 11.4 Å². The quantitative estimate of drug-likeness (QED) is 0.841. The van der Waals surface area contributed by atoms with Crippen LogP contribution in [0.15, 0.2) is 24.3 Å². The number of nitrogens with zero attached hydrogens (tertiary/aromatic N) is 4. The van der Waals surface area contributed by atoms with Gasteiger partial charge in [0.15, 0.2) is 0 Å². The number of methoxy groups -OCH3 is 1. The molecule has 0 amide bonds. The monoisotopic (exact) mass is 387 g/mol. The number of benzene rings is 1. The van der Waals surface area contributed by atoms with Crippen molar-refractivity contribution in [3.05, 3.63) is 46.5 Å². The van der Waals surface area contributed by atoms with E-state index in [1.165, 1.54) is 0 Å². The van der Waals surface area contributed by atoms with E-state index >= 15 is 0 Å². The van der Waals surface area contributed by atoms with Crippen molar-refractivity contribution < 1.29 is 9.72 Å². The molecule has 2 heterocycles. The molecule has 3 rings (SSSR count). The first-order valence-electron chi connectivity index (χ1n) is 9.59. The number of nitrogens with one attached hydrogen (secondary N) is 1. The highest BCUT2D eigenvalue weighted by Gasteiger charge is 2.31. The molecule has 29 heavy (non-hydrogen) atoms. The van der Waals surface area contributed by atoms with Crippen LogP contribution in [0.25, 0.3) is 0 Å². The fourth-order valence-corrected chi connectivity index (χ4v) is 3.83. The number of anilines is 2. The van der Waals surface area contributed by atoms with E-state index in [4.69, 9.17) is 10.5 Å². The minimum absolute atomic E-state index is 0.164. The summed E-state index contributed by atoms with van der Waals surface area (Å²) in [6, 6.07) is 14.0. The highest BCUT2D eigenvalue weighted by Crippen LogP contribution is 2.33. The molecule has 7 heteroatoms. The van der Waals surface area contributed by atoms with Gasteiger partial charge in [0.1, 0.15) is 29.0 Å². The first-order chi connectivity index (χ1) is 14.1. The second-order valence-corrected chi connectivity index (χ2v) is 7.06. The molecule has 0 unspecified atom stereocenters. The molecule has 0 saturated carbocycles. The molecular formula is C22H23N6O+. The molecule has 0 aliphatic carbocycles. The maximum absolute atomic E-state index is 9.96. The molecule has 0 bridgehead atoms. The fourth-order valence-electron chi connectivity index (χ4n) is 3.83. The van der Waals surface area contributed by atoms with Gasteiger partial charge in [-0.3, -0.25) is 4.90 Å². The lowest BCUT2D eigenvalue weighted by Gasteiger charge is -2.25. The molecule has 1 aromatic carbocycles. The van der Waals surface area contributed by atoms with Gasteiger partial charge in [-0.15, -0.1) is 0 Å². The Morgan fingerprint density at radius 2 is 1.86 bits per heavy atom. The molecule has 1 saturated heterocycles. The maximum Gasteiger partial charge on any atom is 0.240 e. The van der Waals surface area contributed by atoms with Crippen molar-refractivity contribution in [2.45, 2.75) is 31.6 Å². The Kier molecular flexibility index (Phi) is 6.17. The van der Waals surface area contributed by atoms with Crippen LogP contribution in [0, 0.1) is 34.0 Å². The minimum atomic E-state index is -0.688. The molecule has 0 radical (unpaired) electrons. The predicted molar refractivity (Wildman–Crippen MR) is 108 cm³/mol. The van der Waals surface area contributed by atoms with Crippen LogP contribution in [-0.4, -0.2) is 20.2 Å². The van der Waals surface area contributed by atoms with E-state index in [2.05, 4.69) is 28.1 Å². The number of H-pyrrole nitrogens is 1. The zero-order chi connectivity index (χ0) is 20.8. The van der Waals surface area contributed by atoms with Gasteiger partial charge in [0, 0.05) is 5.56 Å². The largest absolute Gasteiger partial charge is 0.497 e. The first kappa shape index (κ1) is 20.0. The lowest BCUT2D eigenvalue weighted by atomic mass is 9.87. The number of aromatic amines is 1. The highest BCUT2D eigenvalue weighted by molar-refractivity contribution is 5.66. The van der Waals surface area contributed by atoms with Crippen LogP contribution in [0.4, 0.5) is 11.6 Å². The number of rotatable bonds is 5. The van der Waals surface area contributed by atoms with Gasteiger partial charge >= 0.3 is 0 Å². The van der Waals surface area contributed by atoms with Gasteiger partial charge < -0.3 is 10.5 Å². The molecule has 1 aliphatic heterocycles. The van der Waals surface area contributed by atoms with Gasteiger partial charge in [0.25, 0.3) is 0 Å². The number of aromatic nitrogens is 1. The second kappa shape index (κ2) is 8.95. The normalized spacial score (nSPS) is 14.3. The van der Waals surface area contributed by atoms with Gasteiger partial charge in [-0.05, 0) is 43.4 Å². The van der Waals surface area contributed by atoms with Crippen LogP contribution in [0.3, 0.4) is 0 Å². The summed E-state index contributed by atoms with van der Waals surface area (Å²) >= 11 is 0. The number of nitrogen functional groups attached to an aromatic ring is 1. The highest BCUT2D eigenvalue weighted by atomic mass is 16.5. The number of nitriles is 3. The van der Waals surface area contributed by atoms with Gasteiger partial charge in [0.2, 0.25) is 11.6 Å². The summed E-state index contributed by atoms with van der Waals surface area (Å²) in [5.74, 6) is 0.791. The minimum Gasteiger partial charge on any atom is -0.497 e. The Bertz CT molecular complexity index is 1020.